The molecule has 1 aromatic heterocycles. The van der Waals surface area contributed by atoms with E-state index in [-0.39, 0.29) is 29.4 Å². The fourth-order valence-corrected chi connectivity index (χ4v) is 1.46. The number of anilines is 1. The van der Waals surface area contributed by atoms with E-state index in [1.54, 1.807) is 0 Å². The second-order valence-electron chi connectivity index (χ2n) is 3.51. The summed E-state index contributed by atoms with van der Waals surface area (Å²) < 4.78 is 0. The number of nitrogens with two attached hydrogens (primary N) is 1. The van der Waals surface area contributed by atoms with E-state index in [9.17, 15) is 9.59 Å². The van der Waals surface area contributed by atoms with Gasteiger partial charge in [0, 0.05) is 13.0 Å². The van der Waals surface area contributed by atoms with Crippen LogP contribution in [0.25, 0.3) is 0 Å². The molecule has 1 aliphatic rings. The third kappa shape index (κ3) is 2.25. The number of carbonyl (C=O) groups excluding carboxylic acids is 2. The molecule has 0 radical (unpaired) electrons. The van der Waals surface area contributed by atoms with E-state index in [4.69, 9.17) is 5.73 Å². The average molecular weight is 221 g/mol. The molecule has 1 aliphatic heterocycles. The third-order valence-electron chi connectivity index (χ3n) is 2.20. The quantitative estimate of drug-likeness (QED) is 0.573. The summed E-state index contributed by atoms with van der Waals surface area (Å²) in [7, 11) is 0. The van der Waals surface area contributed by atoms with Gasteiger partial charge in [-0.15, -0.1) is 0 Å². The van der Waals surface area contributed by atoms with Gasteiger partial charge in [-0.2, -0.15) is 0 Å². The van der Waals surface area contributed by atoms with Gasteiger partial charge in [0.15, 0.2) is 0 Å². The predicted molar refractivity (Wildman–Crippen MR) is 55.3 cm³/mol. The lowest BCUT2D eigenvalue weighted by Gasteiger charge is -2.09. The summed E-state index contributed by atoms with van der Waals surface area (Å²) in [6, 6.07) is -0.191. The fraction of sp³-hybridized carbons (Fsp3) is 0.333. The van der Waals surface area contributed by atoms with Crippen molar-refractivity contribution in [3.8, 4) is 0 Å². The summed E-state index contributed by atoms with van der Waals surface area (Å²) >= 11 is 0. The molecule has 0 aliphatic carbocycles. The van der Waals surface area contributed by atoms with Crippen LogP contribution in [0.4, 0.5) is 5.82 Å². The zero-order valence-electron chi connectivity index (χ0n) is 8.43. The van der Waals surface area contributed by atoms with Gasteiger partial charge in [0.25, 0.3) is 5.91 Å². The fourth-order valence-electron chi connectivity index (χ4n) is 1.46. The molecule has 1 fully saturated rings. The molecule has 7 nitrogen and oxygen atoms in total. The average Bonchev–Trinajstić information content (AvgIpc) is 2.64. The van der Waals surface area contributed by atoms with Crippen LogP contribution in [0, 0.1) is 0 Å². The van der Waals surface area contributed by atoms with Crippen molar-refractivity contribution in [1.29, 1.82) is 0 Å². The second-order valence-corrected chi connectivity index (χ2v) is 3.51. The Morgan fingerprint density at radius 3 is 3.00 bits per heavy atom. The molecule has 2 heterocycles. The first kappa shape index (κ1) is 10.3. The molecule has 0 spiro atoms. The maximum atomic E-state index is 11.7. The van der Waals surface area contributed by atoms with Crippen molar-refractivity contribution in [3.05, 3.63) is 18.1 Å². The van der Waals surface area contributed by atoms with Crippen LogP contribution in [-0.2, 0) is 4.79 Å². The van der Waals surface area contributed by atoms with Crippen molar-refractivity contribution in [2.75, 3.05) is 12.3 Å². The second kappa shape index (κ2) is 4.13. The van der Waals surface area contributed by atoms with Crippen molar-refractivity contribution < 1.29 is 9.59 Å². The van der Waals surface area contributed by atoms with E-state index in [1.165, 1.54) is 12.4 Å². The maximum absolute atomic E-state index is 11.7. The molecule has 1 aromatic rings. The molecule has 1 atom stereocenters. The minimum Gasteiger partial charge on any atom is -0.382 e. The molecule has 2 amide bonds. The Kier molecular flexibility index (Phi) is 2.67. The molecule has 1 saturated heterocycles. The Hall–Kier alpha value is -2.18. The lowest BCUT2D eigenvalue weighted by Crippen LogP contribution is -2.36. The topological polar surface area (TPSA) is 110 Å². The Balaban J connectivity index is 2.00. The smallest absolute Gasteiger partial charge is 0.271 e. The zero-order valence-corrected chi connectivity index (χ0v) is 8.43. The summed E-state index contributed by atoms with van der Waals surface area (Å²) in [6.07, 6.45) is 2.98. The molecular weight excluding hydrogens is 210 g/mol. The van der Waals surface area contributed by atoms with E-state index in [1.807, 2.05) is 0 Å². The Morgan fingerprint density at radius 1 is 1.56 bits per heavy atom. The number of nitrogen functional groups attached to an aromatic ring is 1. The van der Waals surface area contributed by atoms with Crippen molar-refractivity contribution >= 4 is 17.6 Å². The SMILES string of the molecule is Nc1cncc(C(=O)NC2CNC(=O)C2)n1. The molecule has 1 unspecified atom stereocenters. The van der Waals surface area contributed by atoms with E-state index in [0.29, 0.717) is 13.0 Å². The van der Waals surface area contributed by atoms with Gasteiger partial charge in [-0.05, 0) is 0 Å². The molecule has 84 valence electrons. The van der Waals surface area contributed by atoms with Gasteiger partial charge >= 0.3 is 0 Å². The highest BCUT2D eigenvalue weighted by Gasteiger charge is 2.23. The van der Waals surface area contributed by atoms with E-state index in [0.717, 1.165) is 0 Å². The maximum Gasteiger partial charge on any atom is 0.271 e. The third-order valence-corrected chi connectivity index (χ3v) is 2.20. The van der Waals surface area contributed by atoms with Gasteiger partial charge in [-0.1, -0.05) is 0 Å². The zero-order chi connectivity index (χ0) is 11.5. The van der Waals surface area contributed by atoms with Crippen molar-refractivity contribution in [3.63, 3.8) is 0 Å². The number of rotatable bonds is 2. The van der Waals surface area contributed by atoms with Crippen molar-refractivity contribution in [2.45, 2.75) is 12.5 Å². The van der Waals surface area contributed by atoms with Gasteiger partial charge in [0.05, 0.1) is 18.4 Å². The number of hydrogen-bond donors (Lipinski definition) is 3. The van der Waals surface area contributed by atoms with Crippen LogP contribution in [0.1, 0.15) is 16.9 Å². The molecule has 0 bridgehead atoms. The molecule has 0 aromatic carbocycles. The highest BCUT2D eigenvalue weighted by molar-refractivity contribution is 5.93. The van der Waals surface area contributed by atoms with Gasteiger partial charge < -0.3 is 16.4 Å². The van der Waals surface area contributed by atoms with Gasteiger partial charge in [-0.3, -0.25) is 14.6 Å². The highest BCUT2D eigenvalue weighted by atomic mass is 16.2. The molecule has 0 saturated carbocycles. The Bertz CT molecular complexity index is 434. The molecule has 16 heavy (non-hydrogen) atoms. The van der Waals surface area contributed by atoms with Crippen LogP contribution in [0.2, 0.25) is 0 Å². The summed E-state index contributed by atoms with van der Waals surface area (Å²) in [5.41, 5.74) is 5.56. The predicted octanol–water partition coefficient (Wildman–Crippen LogP) is -1.32. The summed E-state index contributed by atoms with van der Waals surface area (Å²) in [4.78, 5) is 30.2. The number of nitrogens with zero attached hydrogens (tertiary/aromatic N) is 2. The molecular formula is C9H11N5O2. The summed E-state index contributed by atoms with van der Waals surface area (Å²) in [5.74, 6) is -0.251. The first-order valence-electron chi connectivity index (χ1n) is 4.80. The number of hydrogen-bond acceptors (Lipinski definition) is 5. The van der Waals surface area contributed by atoms with E-state index < -0.39 is 0 Å². The van der Waals surface area contributed by atoms with Crippen LogP contribution in [-0.4, -0.2) is 34.4 Å². The lowest BCUT2D eigenvalue weighted by molar-refractivity contribution is -0.119. The van der Waals surface area contributed by atoms with Gasteiger partial charge in [0.1, 0.15) is 11.5 Å². The lowest BCUT2D eigenvalue weighted by atomic mass is 10.2. The molecule has 2 rings (SSSR count). The van der Waals surface area contributed by atoms with Crippen LogP contribution < -0.4 is 16.4 Å². The first-order valence-corrected chi connectivity index (χ1v) is 4.80. The van der Waals surface area contributed by atoms with Gasteiger partial charge in [-0.25, -0.2) is 4.98 Å². The number of amides is 2. The standard InChI is InChI=1S/C9H11N5O2/c10-7-4-11-3-6(14-7)9(16)13-5-1-8(15)12-2-5/h3-5H,1-2H2,(H2,10,14)(H,12,15)(H,13,16). The molecule has 7 heteroatoms. The van der Waals surface area contributed by atoms with Crippen LogP contribution in [0.3, 0.4) is 0 Å². The first-order chi connectivity index (χ1) is 7.65. The van der Waals surface area contributed by atoms with E-state index in [2.05, 4.69) is 20.6 Å². The highest BCUT2D eigenvalue weighted by Crippen LogP contribution is 2.02. The number of nitrogens with one attached hydrogen (secondary N) is 2. The Labute approximate surface area is 91.5 Å². The largest absolute Gasteiger partial charge is 0.382 e. The number of aromatic nitrogens is 2. The van der Waals surface area contributed by atoms with Crippen molar-refractivity contribution in [1.82, 2.24) is 20.6 Å². The monoisotopic (exact) mass is 221 g/mol. The minimum absolute atomic E-state index is 0.0658. The minimum atomic E-state index is -0.374. The van der Waals surface area contributed by atoms with Crippen LogP contribution >= 0.6 is 0 Å². The van der Waals surface area contributed by atoms with Crippen LogP contribution in [0.15, 0.2) is 12.4 Å². The van der Waals surface area contributed by atoms with E-state index >= 15 is 0 Å². The normalized spacial score (nSPS) is 19.2. The van der Waals surface area contributed by atoms with Gasteiger partial charge in [0.2, 0.25) is 5.91 Å². The van der Waals surface area contributed by atoms with Crippen LogP contribution in [0.5, 0.6) is 0 Å². The Morgan fingerprint density at radius 2 is 2.38 bits per heavy atom. The molecule has 4 N–H and O–H groups in total. The number of carbonyl (C=O) groups is 2. The van der Waals surface area contributed by atoms with Crippen molar-refractivity contribution in [2.24, 2.45) is 0 Å². The summed E-state index contributed by atoms with van der Waals surface area (Å²) in [6.45, 7) is 0.445. The summed E-state index contributed by atoms with van der Waals surface area (Å²) in [5, 5.41) is 5.30.